The topological polar surface area (TPSA) is 51.8 Å². The molecule has 2 N–H and O–H groups in total. The van der Waals surface area contributed by atoms with E-state index in [9.17, 15) is 4.39 Å². The molecule has 0 saturated carbocycles. The standard InChI is InChI=1S/C13H13BrFN3/c1-8(16)6-10-4-5-17-13(18-10)9-2-3-12(15)11(14)7-9/h2-5,7-8H,6,16H2,1H3. The minimum Gasteiger partial charge on any atom is -0.328 e. The van der Waals surface area contributed by atoms with Gasteiger partial charge in [0.05, 0.1) is 4.47 Å². The second-order valence-electron chi connectivity index (χ2n) is 4.18. The van der Waals surface area contributed by atoms with Crippen LogP contribution in [0.5, 0.6) is 0 Å². The Morgan fingerprint density at radius 3 is 2.83 bits per heavy atom. The van der Waals surface area contributed by atoms with Gasteiger partial charge in [-0.25, -0.2) is 14.4 Å². The lowest BCUT2D eigenvalue weighted by molar-refractivity contribution is 0.621. The predicted molar refractivity (Wildman–Crippen MR) is 72.5 cm³/mol. The number of hydrogen-bond acceptors (Lipinski definition) is 3. The highest BCUT2D eigenvalue weighted by Gasteiger charge is 2.07. The van der Waals surface area contributed by atoms with Crippen molar-refractivity contribution in [2.24, 2.45) is 5.73 Å². The first-order chi connectivity index (χ1) is 8.56. The monoisotopic (exact) mass is 309 g/mol. The molecule has 2 aromatic rings. The van der Waals surface area contributed by atoms with Crippen molar-refractivity contribution in [2.45, 2.75) is 19.4 Å². The van der Waals surface area contributed by atoms with Gasteiger partial charge in [-0.3, -0.25) is 0 Å². The summed E-state index contributed by atoms with van der Waals surface area (Å²) in [6.45, 7) is 1.93. The molecule has 0 fully saturated rings. The second-order valence-corrected chi connectivity index (χ2v) is 5.04. The molecule has 1 heterocycles. The first kappa shape index (κ1) is 13.1. The fourth-order valence-electron chi connectivity index (χ4n) is 1.61. The summed E-state index contributed by atoms with van der Waals surface area (Å²) in [5.74, 6) is 0.277. The van der Waals surface area contributed by atoms with Crippen LogP contribution in [0.2, 0.25) is 0 Å². The minimum absolute atomic E-state index is 0.0488. The molecule has 1 aromatic carbocycles. The summed E-state index contributed by atoms with van der Waals surface area (Å²) < 4.78 is 13.6. The fourth-order valence-corrected chi connectivity index (χ4v) is 1.99. The Morgan fingerprint density at radius 1 is 1.39 bits per heavy atom. The van der Waals surface area contributed by atoms with E-state index in [0.717, 1.165) is 11.3 Å². The van der Waals surface area contributed by atoms with Gasteiger partial charge in [0, 0.05) is 29.9 Å². The Hall–Kier alpha value is -1.33. The lowest BCUT2D eigenvalue weighted by Crippen LogP contribution is -2.18. The van der Waals surface area contributed by atoms with E-state index in [0.29, 0.717) is 16.7 Å². The molecule has 1 aromatic heterocycles. The highest BCUT2D eigenvalue weighted by Crippen LogP contribution is 2.22. The smallest absolute Gasteiger partial charge is 0.159 e. The number of nitrogens with zero attached hydrogens (tertiary/aromatic N) is 2. The van der Waals surface area contributed by atoms with Gasteiger partial charge in [0.2, 0.25) is 0 Å². The van der Waals surface area contributed by atoms with E-state index in [4.69, 9.17) is 5.73 Å². The molecule has 1 atom stereocenters. The van der Waals surface area contributed by atoms with Gasteiger partial charge in [0.1, 0.15) is 5.82 Å². The maximum absolute atomic E-state index is 13.2. The van der Waals surface area contributed by atoms with Gasteiger partial charge in [-0.2, -0.15) is 0 Å². The quantitative estimate of drug-likeness (QED) is 0.948. The number of halogens is 2. The normalized spacial score (nSPS) is 12.4. The van der Waals surface area contributed by atoms with Gasteiger partial charge in [0.15, 0.2) is 5.82 Å². The predicted octanol–water partition coefficient (Wildman–Crippen LogP) is 2.93. The van der Waals surface area contributed by atoms with Crippen molar-refractivity contribution in [3.8, 4) is 11.4 Å². The highest BCUT2D eigenvalue weighted by molar-refractivity contribution is 9.10. The van der Waals surface area contributed by atoms with E-state index in [2.05, 4.69) is 25.9 Å². The molecule has 3 nitrogen and oxygen atoms in total. The lowest BCUT2D eigenvalue weighted by atomic mass is 10.1. The highest BCUT2D eigenvalue weighted by atomic mass is 79.9. The Morgan fingerprint density at radius 2 is 2.17 bits per heavy atom. The molecule has 0 radical (unpaired) electrons. The average Bonchev–Trinajstić information content (AvgIpc) is 2.32. The third kappa shape index (κ3) is 3.11. The maximum atomic E-state index is 13.2. The van der Waals surface area contributed by atoms with E-state index in [1.807, 2.05) is 13.0 Å². The van der Waals surface area contributed by atoms with Gasteiger partial charge in [-0.05, 0) is 47.1 Å². The number of hydrogen-bond donors (Lipinski definition) is 1. The van der Waals surface area contributed by atoms with E-state index in [1.54, 1.807) is 18.3 Å². The van der Waals surface area contributed by atoms with Crippen molar-refractivity contribution in [1.82, 2.24) is 9.97 Å². The zero-order valence-electron chi connectivity index (χ0n) is 9.90. The van der Waals surface area contributed by atoms with Crippen molar-refractivity contribution in [2.75, 3.05) is 0 Å². The zero-order chi connectivity index (χ0) is 13.1. The molecule has 0 aliphatic rings. The van der Waals surface area contributed by atoms with Crippen molar-refractivity contribution in [3.63, 3.8) is 0 Å². The van der Waals surface area contributed by atoms with Crippen LogP contribution in [0.4, 0.5) is 4.39 Å². The molecule has 0 aliphatic heterocycles. The van der Waals surface area contributed by atoms with Crippen LogP contribution in [0.15, 0.2) is 34.9 Å². The number of aromatic nitrogens is 2. The van der Waals surface area contributed by atoms with Crippen LogP contribution in [0.1, 0.15) is 12.6 Å². The summed E-state index contributed by atoms with van der Waals surface area (Å²) in [4.78, 5) is 8.61. The molecule has 18 heavy (non-hydrogen) atoms. The van der Waals surface area contributed by atoms with E-state index in [-0.39, 0.29) is 11.9 Å². The minimum atomic E-state index is -0.300. The van der Waals surface area contributed by atoms with Crippen LogP contribution in [-0.2, 0) is 6.42 Å². The molecule has 0 bridgehead atoms. The SMILES string of the molecule is CC(N)Cc1ccnc(-c2ccc(F)c(Br)c2)n1. The zero-order valence-corrected chi connectivity index (χ0v) is 11.5. The van der Waals surface area contributed by atoms with Crippen molar-refractivity contribution >= 4 is 15.9 Å². The van der Waals surface area contributed by atoms with Gasteiger partial charge in [0.25, 0.3) is 0 Å². The summed E-state index contributed by atoms with van der Waals surface area (Å²) in [5, 5.41) is 0. The van der Waals surface area contributed by atoms with Gasteiger partial charge >= 0.3 is 0 Å². The Labute approximate surface area is 113 Å². The van der Waals surface area contributed by atoms with E-state index >= 15 is 0 Å². The maximum Gasteiger partial charge on any atom is 0.159 e. The van der Waals surface area contributed by atoms with Crippen LogP contribution in [-0.4, -0.2) is 16.0 Å². The van der Waals surface area contributed by atoms with Crippen LogP contribution in [0.25, 0.3) is 11.4 Å². The Kier molecular flexibility index (Phi) is 4.04. The molecular weight excluding hydrogens is 297 g/mol. The average molecular weight is 310 g/mol. The number of nitrogens with two attached hydrogens (primary N) is 1. The molecule has 0 amide bonds. The fraction of sp³-hybridized carbons (Fsp3) is 0.231. The summed E-state index contributed by atoms with van der Waals surface area (Å²) in [6.07, 6.45) is 2.38. The molecule has 2 rings (SSSR count). The largest absolute Gasteiger partial charge is 0.328 e. The third-order valence-corrected chi connectivity index (χ3v) is 3.03. The lowest BCUT2D eigenvalue weighted by Gasteiger charge is -2.06. The Bertz CT molecular complexity index is 558. The molecule has 1 unspecified atom stereocenters. The summed E-state index contributed by atoms with van der Waals surface area (Å²) >= 11 is 3.15. The number of rotatable bonds is 3. The summed E-state index contributed by atoms with van der Waals surface area (Å²) in [5.41, 5.74) is 7.40. The van der Waals surface area contributed by atoms with Crippen LogP contribution in [0.3, 0.4) is 0 Å². The van der Waals surface area contributed by atoms with Gasteiger partial charge in [-0.1, -0.05) is 0 Å². The van der Waals surface area contributed by atoms with Crippen molar-refractivity contribution in [3.05, 3.63) is 46.4 Å². The van der Waals surface area contributed by atoms with Crippen molar-refractivity contribution < 1.29 is 4.39 Å². The van der Waals surface area contributed by atoms with Crippen LogP contribution < -0.4 is 5.73 Å². The molecule has 0 spiro atoms. The van der Waals surface area contributed by atoms with Gasteiger partial charge < -0.3 is 5.73 Å². The van der Waals surface area contributed by atoms with Crippen LogP contribution >= 0.6 is 15.9 Å². The van der Waals surface area contributed by atoms with E-state index < -0.39 is 0 Å². The van der Waals surface area contributed by atoms with Gasteiger partial charge in [-0.15, -0.1) is 0 Å². The molecule has 0 saturated heterocycles. The second kappa shape index (κ2) is 5.54. The van der Waals surface area contributed by atoms with Crippen LogP contribution in [0, 0.1) is 5.82 Å². The van der Waals surface area contributed by atoms with E-state index in [1.165, 1.54) is 6.07 Å². The molecular formula is C13H13BrFN3. The summed E-state index contributed by atoms with van der Waals surface area (Å²) in [6, 6.07) is 6.60. The molecule has 5 heteroatoms. The molecule has 0 aliphatic carbocycles. The number of benzene rings is 1. The Balaban J connectivity index is 2.35. The summed E-state index contributed by atoms with van der Waals surface area (Å²) in [7, 11) is 0. The first-order valence-corrected chi connectivity index (χ1v) is 6.38. The van der Waals surface area contributed by atoms with Crippen molar-refractivity contribution in [1.29, 1.82) is 0 Å². The first-order valence-electron chi connectivity index (χ1n) is 5.59. The third-order valence-electron chi connectivity index (χ3n) is 2.42. The molecule has 94 valence electrons.